The van der Waals surface area contributed by atoms with E-state index in [4.69, 9.17) is 5.73 Å². The molecule has 0 amide bonds. The molecule has 0 bridgehead atoms. The second kappa shape index (κ2) is 24.0. The first-order valence-corrected chi connectivity index (χ1v) is 30.3. The third-order valence-corrected chi connectivity index (χ3v) is 19.4. The third-order valence-electron chi connectivity index (χ3n) is 16.1. The Bertz CT molecular complexity index is 4370. The summed E-state index contributed by atoms with van der Waals surface area (Å²) in [6.45, 7) is 12.1. The Morgan fingerprint density at radius 2 is 1.05 bits per heavy atom. The maximum Gasteiger partial charge on any atom is 0.269 e. The van der Waals surface area contributed by atoms with Crippen LogP contribution in [0, 0.1) is 65.6 Å². The van der Waals surface area contributed by atoms with E-state index in [-0.39, 0.29) is 53.2 Å². The molecule has 2 aromatic carbocycles. The fourth-order valence-corrected chi connectivity index (χ4v) is 14.2. The summed E-state index contributed by atoms with van der Waals surface area (Å²) in [6.07, 6.45) is 18.7. The number of nitriles is 3. The number of rotatable bonds is 11. The maximum atomic E-state index is 13.3. The molecule has 23 nitrogen and oxygen atoms in total. The monoisotopic (exact) mass is 1170 g/mol. The minimum atomic E-state index is -3.80. The smallest absolute Gasteiger partial charge is 0.269 e. The zero-order chi connectivity index (χ0) is 57.6. The van der Waals surface area contributed by atoms with E-state index in [9.17, 15) is 32.6 Å². The second-order valence-corrected chi connectivity index (χ2v) is 24.8. The number of aryl methyl sites for hydroxylation is 2. The third kappa shape index (κ3) is 10.7. The van der Waals surface area contributed by atoms with Gasteiger partial charge in [-0.3, -0.25) is 0 Å². The predicted molar refractivity (Wildman–Crippen MR) is 326 cm³/mol. The van der Waals surface area contributed by atoms with E-state index in [1.165, 1.54) is 20.3 Å². The number of nitrogens with zero attached hydrogens (tertiary/aromatic N) is 15. The molecule has 3 aliphatic heterocycles. The van der Waals surface area contributed by atoms with Crippen LogP contribution in [0.4, 0.5) is 11.4 Å². The van der Waals surface area contributed by atoms with Crippen LogP contribution in [-0.2, 0) is 20.0 Å². The van der Waals surface area contributed by atoms with Crippen LogP contribution >= 0.6 is 0 Å². The summed E-state index contributed by atoms with van der Waals surface area (Å²) in [5, 5.41) is 36.8. The zero-order valence-electron chi connectivity index (χ0n) is 46.7. The fourth-order valence-electron chi connectivity index (χ4n) is 11.6. The SMILES string of the molecule is C.CC[C@@H]1C[C@H](C#N)CN1Nc1c(N)cnc2c1ccn2S(=O)(=O)c1ccc(C)cc1.CC[C@@H]1C[C@H](C#N)CN1n1cnc2cnc3[nH]ccc3c21.CC[C@@H]1C[C@H](C#N)CN1n1cnc2cnc3c(ccn3S(=O)(=O)c3ccc(C)cc3)c21.N. The van der Waals surface area contributed by atoms with Crippen molar-refractivity contribution in [3.8, 4) is 18.2 Å². The van der Waals surface area contributed by atoms with Crippen LogP contribution in [0.15, 0.2) is 126 Å². The molecule has 11 heterocycles. The first kappa shape index (κ1) is 59.6. The van der Waals surface area contributed by atoms with Crippen molar-refractivity contribution in [1.29, 1.82) is 15.8 Å². The van der Waals surface area contributed by atoms with Gasteiger partial charge < -0.3 is 32.3 Å². The van der Waals surface area contributed by atoms with Crippen LogP contribution in [0.5, 0.6) is 0 Å². The normalized spacial score (nSPS) is 19.7. The van der Waals surface area contributed by atoms with Gasteiger partial charge in [-0.2, -0.15) is 15.8 Å². The average Bonchev–Trinajstić information content (AvgIpc) is 2.65. The summed E-state index contributed by atoms with van der Waals surface area (Å²) in [5.41, 5.74) is 17.5. The molecule has 8 aromatic heterocycles. The number of fused-ring (bicyclic) bond motifs is 7. The van der Waals surface area contributed by atoms with Crippen molar-refractivity contribution in [3.63, 3.8) is 0 Å². The van der Waals surface area contributed by atoms with E-state index >= 15 is 0 Å². The number of hydrogen-bond acceptors (Lipinski definition) is 18. The molecule has 84 heavy (non-hydrogen) atoms. The van der Waals surface area contributed by atoms with Gasteiger partial charge in [0.05, 0.1) is 88.8 Å². The number of aromatic amines is 1. The molecule has 3 saturated heterocycles. The number of benzene rings is 2. The van der Waals surface area contributed by atoms with Gasteiger partial charge in [0.25, 0.3) is 20.0 Å². The standard InChI is InChI=1S/C22H22N6O2S.C21H24N6O2S.C15H16N6.CH4.H3N/c1-3-17-10-16(11-23)13-26(17)27-14-25-20-12-24-22-19(21(20)27)8-9-28(22)31(29,30)18-6-4-15(2)5-7-18;1-3-16-10-15(11-22)13-26(16)25-20-18-8-9-27(21(18)24-12-19(20)23)30(28,29)17-6-4-14(2)5-7-17;1-2-11-5-10(6-16)8-20(11)21-9-19-13-7-18-15-12(14(13)21)3-4-17-15;;/h4-9,12,14,16-17H,3,10,13H2,1-2H3;4-9,12,15-16H,3,10,13,23H2,1-2H3,(H,24,25);3-4,7,9-11H,2,5,8H2,1H3,(H,17,18);1H4;1H3/t16-,17-;15-,16-;10-,11-;;/m111../s1. The Balaban J connectivity index is 0.000000152. The van der Waals surface area contributed by atoms with Crippen molar-refractivity contribution in [2.75, 3.05) is 40.8 Å². The minimum Gasteiger partial charge on any atom is -0.396 e. The van der Waals surface area contributed by atoms with E-state index in [1.807, 2.05) is 42.1 Å². The summed E-state index contributed by atoms with van der Waals surface area (Å²) in [6, 6.07) is 26.9. The molecule has 0 unspecified atom stereocenters. The predicted octanol–water partition coefficient (Wildman–Crippen LogP) is 9.28. The molecule has 0 saturated carbocycles. The number of pyridine rings is 3. The van der Waals surface area contributed by atoms with Gasteiger partial charge in [0.15, 0.2) is 11.3 Å². The highest BCUT2D eigenvalue weighted by atomic mass is 32.2. The molecule has 3 fully saturated rings. The Hall–Kier alpha value is -9.06. The first-order valence-electron chi connectivity index (χ1n) is 27.4. The van der Waals surface area contributed by atoms with E-state index in [0.717, 1.165) is 83.8 Å². The van der Waals surface area contributed by atoms with E-state index in [1.54, 1.807) is 85.6 Å². The number of nitrogen functional groups attached to an aromatic ring is 1. The summed E-state index contributed by atoms with van der Waals surface area (Å²) >= 11 is 0. The average molecular weight is 1170 g/mol. The van der Waals surface area contributed by atoms with Crippen LogP contribution in [0.2, 0.25) is 0 Å². The Morgan fingerprint density at radius 3 is 1.56 bits per heavy atom. The van der Waals surface area contributed by atoms with Crippen molar-refractivity contribution in [2.24, 2.45) is 17.8 Å². The number of hydrogen-bond donors (Lipinski definition) is 4. The van der Waals surface area contributed by atoms with Crippen molar-refractivity contribution < 1.29 is 16.8 Å². The zero-order valence-corrected chi connectivity index (χ0v) is 48.4. The molecule has 7 N–H and O–H groups in total. The molecule has 436 valence electrons. The van der Waals surface area contributed by atoms with Crippen LogP contribution < -0.4 is 27.3 Å². The highest BCUT2D eigenvalue weighted by Gasteiger charge is 2.35. The molecule has 13 rings (SSSR count). The van der Waals surface area contributed by atoms with Crippen molar-refractivity contribution in [2.45, 2.75) is 108 Å². The number of anilines is 2. The topological polar surface area (TPSA) is 322 Å². The van der Waals surface area contributed by atoms with E-state index in [2.05, 4.69) is 89.0 Å². The van der Waals surface area contributed by atoms with Crippen LogP contribution in [0.3, 0.4) is 0 Å². The van der Waals surface area contributed by atoms with Gasteiger partial charge in [0, 0.05) is 59.4 Å². The highest BCUT2D eigenvalue weighted by molar-refractivity contribution is 7.90. The van der Waals surface area contributed by atoms with Gasteiger partial charge in [0.2, 0.25) is 0 Å². The molecular weight excluding hydrogens is 1100 g/mol. The Morgan fingerprint density at radius 1 is 0.595 bits per heavy atom. The van der Waals surface area contributed by atoms with Gasteiger partial charge in [-0.15, -0.1) is 0 Å². The molecule has 10 aromatic rings. The quantitative estimate of drug-likeness (QED) is 0.0937. The molecule has 0 spiro atoms. The van der Waals surface area contributed by atoms with Crippen LogP contribution in [0.1, 0.15) is 77.8 Å². The van der Waals surface area contributed by atoms with Gasteiger partial charge in [-0.1, -0.05) is 63.6 Å². The van der Waals surface area contributed by atoms with Crippen LogP contribution in [-0.4, -0.2) is 107 Å². The van der Waals surface area contributed by atoms with Gasteiger partial charge >= 0.3 is 0 Å². The lowest BCUT2D eigenvalue weighted by atomic mass is 10.1. The van der Waals surface area contributed by atoms with Crippen molar-refractivity contribution in [1.82, 2.24) is 58.4 Å². The second-order valence-electron chi connectivity index (χ2n) is 21.2. The maximum absolute atomic E-state index is 13.3. The summed E-state index contributed by atoms with van der Waals surface area (Å²) < 4.78 is 59.4. The fraction of sp³-hybridized carbons (Fsp3) is 0.356. The number of H-pyrrole nitrogens is 1. The lowest BCUT2D eigenvalue weighted by Gasteiger charge is -2.27. The Kier molecular flexibility index (Phi) is 17.0. The van der Waals surface area contributed by atoms with E-state index in [0.29, 0.717) is 58.1 Å². The highest BCUT2D eigenvalue weighted by Crippen LogP contribution is 2.36. The van der Waals surface area contributed by atoms with Crippen molar-refractivity contribution >= 4 is 86.6 Å². The number of hydrazine groups is 1. The summed E-state index contributed by atoms with van der Waals surface area (Å²) in [4.78, 5) is 25.6. The molecule has 6 atom stereocenters. The summed E-state index contributed by atoms with van der Waals surface area (Å²) in [5.74, 6) is 0.00899. The van der Waals surface area contributed by atoms with Crippen LogP contribution in [0.25, 0.3) is 55.2 Å². The number of imidazole rings is 2. The largest absolute Gasteiger partial charge is 0.396 e. The van der Waals surface area contributed by atoms with Gasteiger partial charge in [-0.25, -0.2) is 64.1 Å². The lowest BCUT2D eigenvalue weighted by molar-refractivity contribution is 0.299. The molecule has 0 radical (unpaired) electrons. The van der Waals surface area contributed by atoms with E-state index < -0.39 is 20.0 Å². The van der Waals surface area contributed by atoms with Crippen molar-refractivity contribution in [3.05, 3.63) is 128 Å². The molecule has 3 aliphatic rings. The molecule has 0 aliphatic carbocycles. The van der Waals surface area contributed by atoms with Gasteiger partial charge in [-0.05, 0) is 94.8 Å². The molecule has 25 heteroatoms. The first-order chi connectivity index (χ1) is 39.6. The number of nitrogens with two attached hydrogens (primary N) is 1. The lowest BCUT2D eigenvalue weighted by Crippen LogP contribution is -2.38. The molecular formula is C59H69N19O4S2. The number of nitrogens with one attached hydrogen (secondary N) is 2. The number of aromatic nitrogens is 10. The Labute approximate surface area is 488 Å². The minimum absolute atomic E-state index is 0. The van der Waals surface area contributed by atoms with Gasteiger partial charge in [0.1, 0.15) is 40.4 Å². The summed E-state index contributed by atoms with van der Waals surface area (Å²) in [7, 11) is -7.58.